The molecule has 0 aliphatic carbocycles. The van der Waals surface area contributed by atoms with E-state index in [1.807, 2.05) is 44.2 Å². The van der Waals surface area contributed by atoms with Crippen LogP contribution in [0, 0.1) is 5.92 Å². The van der Waals surface area contributed by atoms with Crippen molar-refractivity contribution in [3.63, 3.8) is 0 Å². The van der Waals surface area contributed by atoms with E-state index in [-0.39, 0.29) is 48.3 Å². The zero-order valence-electron chi connectivity index (χ0n) is 24.9. The molecule has 0 bridgehead atoms. The summed E-state index contributed by atoms with van der Waals surface area (Å²) in [6.07, 6.45) is -2.40. The molecule has 1 aromatic heterocycles. The Morgan fingerprint density at radius 3 is 2.60 bits per heavy atom. The van der Waals surface area contributed by atoms with Crippen molar-refractivity contribution in [1.82, 2.24) is 14.6 Å². The number of hydrogen-bond donors (Lipinski definition) is 3. The highest BCUT2D eigenvalue weighted by Gasteiger charge is 2.40. The molecule has 0 saturated carbocycles. The predicted molar refractivity (Wildman–Crippen MR) is 172 cm³/mol. The number of rotatable bonds is 13. The van der Waals surface area contributed by atoms with Crippen LogP contribution in [0.25, 0.3) is 10.2 Å². The van der Waals surface area contributed by atoms with Gasteiger partial charge < -0.3 is 20.3 Å². The lowest BCUT2D eigenvalue weighted by Gasteiger charge is -2.31. The van der Waals surface area contributed by atoms with E-state index < -0.39 is 40.3 Å². The van der Waals surface area contributed by atoms with Crippen LogP contribution in [-0.4, -0.2) is 77.8 Å². The Bertz CT molecular complexity index is 1750. The maximum atomic E-state index is 14.0. The number of phenolic OH excluding ortho intramolecular Hbond substituents is 1. The maximum absolute atomic E-state index is 14.0. The number of aliphatic hydroxyl groups is 1. The van der Waals surface area contributed by atoms with Gasteiger partial charge in [-0.15, -0.1) is 11.3 Å². The number of para-hydroxylation sites is 2. The number of anilines is 1. The van der Waals surface area contributed by atoms with Crippen LogP contribution in [0.2, 0.25) is 0 Å². The third-order valence-corrected chi connectivity index (χ3v) is 10.5. The van der Waals surface area contributed by atoms with Crippen molar-refractivity contribution in [1.29, 1.82) is 0 Å². The molecule has 0 unspecified atom stereocenters. The Balaban J connectivity index is 1.38. The number of nitrogens with zero attached hydrogens (tertiary/aromatic N) is 3. The third-order valence-electron chi connectivity index (χ3n) is 7.91. The molecule has 11 nitrogen and oxygen atoms in total. The lowest BCUT2D eigenvalue weighted by Crippen LogP contribution is -2.53. The number of aliphatic hydroxyl groups excluding tert-OH is 1. The van der Waals surface area contributed by atoms with Crippen molar-refractivity contribution in [2.24, 2.45) is 5.92 Å². The fourth-order valence-corrected chi connectivity index (χ4v) is 7.54. The van der Waals surface area contributed by atoms with E-state index in [2.05, 4.69) is 10.3 Å². The molecule has 1 saturated heterocycles. The smallest absolute Gasteiger partial charge is 0.415 e. The van der Waals surface area contributed by atoms with Gasteiger partial charge in [0.2, 0.25) is 10.0 Å². The molecule has 2 amide bonds. The molecule has 4 atom stereocenters. The number of thiazole rings is 1. The Morgan fingerprint density at radius 2 is 1.87 bits per heavy atom. The van der Waals surface area contributed by atoms with Crippen molar-refractivity contribution in [3.8, 4) is 5.75 Å². The predicted octanol–water partition coefficient (Wildman–Crippen LogP) is 4.15. The van der Waals surface area contributed by atoms with E-state index in [1.54, 1.807) is 29.8 Å². The molecular weight excluding hydrogens is 617 g/mol. The zero-order chi connectivity index (χ0) is 32.1. The van der Waals surface area contributed by atoms with Crippen molar-refractivity contribution in [3.05, 3.63) is 83.9 Å². The monoisotopic (exact) mass is 652 g/mol. The second-order valence-corrected chi connectivity index (χ2v) is 14.0. The first-order valence-corrected chi connectivity index (χ1v) is 17.0. The summed E-state index contributed by atoms with van der Waals surface area (Å²) in [5.41, 5.74) is 3.38. The first kappa shape index (κ1) is 32.4. The number of cyclic esters (lactones) is 1. The molecular formula is C32H36N4O7S2. The molecule has 3 aromatic carbocycles. The first-order valence-electron chi connectivity index (χ1n) is 14.7. The number of sulfonamides is 1. The maximum Gasteiger partial charge on any atom is 0.415 e. The number of hydrogen-bond acceptors (Lipinski definition) is 9. The second kappa shape index (κ2) is 13.9. The van der Waals surface area contributed by atoms with Crippen LogP contribution in [0.3, 0.4) is 0 Å². The van der Waals surface area contributed by atoms with Gasteiger partial charge in [0.05, 0.1) is 45.0 Å². The van der Waals surface area contributed by atoms with Gasteiger partial charge >= 0.3 is 6.09 Å². The average molecular weight is 653 g/mol. The zero-order valence-corrected chi connectivity index (χ0v) is 26.6. The van der Waals surface area contributed by atoms with Gasteiger partial charge in [-0.3, -0.25) is 9.69 Å². The molecule has 2 heterocycles. The Labute approximate surface area is 266 Å². The van der Waals surface area contributed by atoms with E-state index in [9.17, 15) is 28.2 Å². The lowest BCUT2D eigenvalue weighted by molar-refractivity contribution is -0.129. The lowest BCUT2D eigenvalue weighted by atomic mass is 10.0. The summed E-state index contributed by atoms with van der Waals surface area (Å²) < 4.78 is 35.3. The molecule has 238 valence electrons. The average Bonchev–Trinajstić information content (AvgIpc) is 3.67. The highest BCUT2D eigenvalue weighted by atomic mass is 32.2. The van der Waals surface area contributed by atoms with Crippen LogP contribution in [0.4, 0.5) is 10.5 Å². The van der Waals surface area contributed by atoms with E-state index in [0.29, 0.717) is 5.52 Å². The van der Waals surface area contributed by atoms with E-state index >= 15 is 0 Å². The normalized spacial score (nSPS) is 17.3. The number of phenols is 1. The van der Waals surface area contributed by atoms with Gasteiger partial charge in [0.15, 0.2) is 6.10 Å². The van der Waals surface area contributed by atoms with Crippen LogP contribution in [0.15, 0.2) is 83.2 Å². The molecule has 0 spiro atoms. The van der Waals surface area contributed by atoms with Crippen LogP contribution < -0.4 is 10.2 Å². The van der Waals surface area contributed by atoms with E-state index in [4.69, 9.17) is 4.74 Å². The highest BCUT2D eigenvalue weighted by Crippen LogP contribution is 2.30. The Hall–Kier alpha value is -4.04. The largest absolute Gasteiger partial charge is 0.506 e. The van der Waals surface area contributed by atoms with Crippen LogP contribution in [0.5, 0.6) is 5.75 Å². The van der Waals surface area contributed by atoms with Gasteiger partial charge in [0.1, 0.15) is 5.75 Å². The molecule has 0 radical (unpaired) electrons. The number of aromatic hydroxyl groups is 1. The van der Waals surface area contributed by atoms with Crippen LogP contribution in [0.1, 0.15) is 25.8 Å². The molecule has 13 heteroatoms. The number of aromatic nitrogens is 1. The van der Waals surface area contributed by atoms with Gasteiger partial charge in [-0.1, -0.05) is 62.7 Å². The minimum Gasteiger partial charge on any atom is -0.506 e. The van der Waals surface area contributed by atoms with Gasteiger partial charge in [0, 0.05) is 13.1 Å². The van der Waals surface area contributed by atoms with Crippen molar-refractivity contribution in [2.75, 3.05) is 24.5 Å². The van der Waals surface area contributed by atoms with Crippen molar-refractivity contribution < 1.29 is 33.0 Å². The number of nitrogens with one attached hydrogen (secondary N) is 1. The SMILES string of the molecule is CC[C@H](C)CN(C[C@@H](O)[C@H](Cc1ccccc1)NC(=O)[C@@H]1CN(c2ccccc2O)C(=O)O1)S(=O)(=O)c1ccc2ncsc2c1. The van der Waals surface area contributed by atoms with Crippen molar-refractivity contribution >= 4 is 49.3 Å². The number of amides is 2. The quantitative estimate of drug-likeness (QED) is 0.195. The first-order chi connectivity index (χ1) is 21.6. The summed E-state index contributed by atoms with van der Waals surface area (Å²) in [6.45, 7) is 3.65. The summed E-state index contributed by atoms with van der Waals surface area (Å²) in [7, 11) is -4.03. The fraction of sp³-hybridized carbons (Fsp3) is 0.344. The third kappa shape index (κ3) is 7.44. The Kier molecular flexibility index (Phi) is 10.0. The summed E-state index contributed by atoms with van der Waals surface area (Å²) in [4.78, 5) is 31.6. The highest BCUT2D eigenvalue weighted by molar-refractivity contribution is 7.89. The standard InChI is InChI=1S/C32H36N4O7S2/c1-3-21(2)17-35(45(41,42)23-13-14-24-30(16-23)44-20-33-24)18-28(38)25(15-22-9-5-4-6-10-22)34-31(39)29-19-36(32(40)43-29)26-11-7-8-12-27(26)37/h4-14,16,20-21,25,28-29,37-38H,3,15,17-19H2,1-2H3,(H,34,39)/t21-,25-,28+,29-/m0/s1. The number of carbonyl (C=O) groups is 2. The summed E-state index contributed by atoms with van der Waals surface area (Å²) in [5, 5.41) is 24.6. The van der Waals surface area contributed by atoms with Gasteiger partial charge in [-0.2, -0.15) is 4.31 Å². The molecule has 4 aromatic rings. The molecule has 5 rings (SSSR count). The van der Waals surface area contributed by atoms with E-state index in [1.165, 1.54) is 38.7 Å². The summed E-state index contributed by atoms with van der Waals surface area (Å²) in [5.74, 6) is -0.780. The minimum absolute atomic E-state index is 0.000406. The van der Waals surface area contributed by atoms with Crippen LogP contribution in [-0.2, 0) is 26.0 Å². The van der Waals surface area contributed by atoms with Crippen LogP contribution >= 0.6 is 11.3 Å². The number of benzene rings is 3. The molecule has 1 aliphatic heterocycles. The second-order valence-electron chi connectivity index (χ2n) is 11.2. The number of fused-ring (bicyclic) bond motifs is 1. The molecule has 3 N–H and O–H groups in total. The number of ether oxygens (including phenoxy) is 1. The molecule has 45 heavy (non-hydrogen) atoms. The summed E-state index contributed by atoms with van der Waals surface area (Å²) >= 11 is 1.34. The van der Waals surface area contributed by atoms with Gasteiger partial charge in [-0.25, -0.2) is 18.2 Å². The fourth-order valence-electron chi connectivity index (χ4n) is 5.14. The molecule has 1 aliphatic rings. The van der Waals surface area contributed by atoms with Gasteiger partial charge in [0.25, 0.3) is 5.91 Å². The number of carbonyl (C=O) groups excluding carboxylic acids is 2. The topological polar surface area (TPSA) is 149 Å². The minimum atomic E-state index is -4.03. The van der Waals surface area contributed by atoms with E-state index in [0.717, 1.165) is 16.7 Å². The molecule has 1 fully saturated rings. The summed E-state index contributed by atoms with van der Waals surface area (Å²) in [6, 6.07) is 19.3. The van der Waals surface area contributed by atoms with Gasteiger partial charge in [-0.05, 0) is 48.2 Å². The van der Waals surface area contributed by atoms with Crippen molar-refractivity contribution in [2.45, 2.75) is 49.8 Å². The Morgan fingerprint density at radius 1 is 1.13 bits per heavy atom.